The molecule has 0 atom stereocenters. The number of halogens is 3. The zero-order chi connectivity index (χ0) is 23.3. The Bertz CT molecular complexity index is 1560. The highest BCUT2D eigenvalue weighted by atomic mass is 19.4. The number of pyridine rings is 1. The number of imidazole rings is 1. The first kappa shape index (κ1) is 20.5. The van der Waals surface area contributed by atoms with Crippen molar-refractivity contribution in [3.63, 3.8) is 0 Å². The lowest BCUT2D eigenvalue weighted by Gasteiger charge is -2.13. The van der Waals surface area contributed by atoms with Crippen molar-refractivity contribution in [2.24, 2.45) is 7.05 Å². The number of hydrogen-bond donors (Lipinski definition) is 2. The summed E-state index contributed by atoms with van der Waals surface area (Å²) in [6.45, 7) is 0. The molecule has 0 aliphatic rings. The van der Waals surface area contributed by atoms with E-state index >= 15 is 0 Å². The van der Waals surface area contributed by atoms with Gasteiger partial charge in [0.05, 0.1) is 29.0 Å². The van der Waals surface area contributed by atoms with Gasteiger partial charge in [-0.3, -0.25) is 18.8 Å². The van der Waals surface area contributed by atoms with Crippen LogP contribution in [0.25, 0.3) is 27.5 Å². The number of aromatic nitrogens is 5. The maximum Gasteiger partial charge on any atom is 0.416 e. The molecule has 5 rings (SSSR count). The van der Waals surface area contributed by atoms with E-state index in [1.807, 2.05) is 0 Å². The zero-order valence-corrected chi connectivity index (χ0v) is 17.0. The number of hydrogen-bond acceptors (Lipinski definition) is 4. The maximum absolute atomic E-state index is 13.3. The fourth-order valence-electron chi connectivity index (χ4n) is 3.71. The second-order valence-electron chi connectivity index (χ2n) is 7.40. The van der Waals surface area contributed by atoms with Gasteiger partial charge in [0.15, 0.2) is 0 Å². The van der Waals surface area contributed by atoms with E-state index in [1.165, 1.54) is 46.2 Å². The number of aromatic amines is 1. The molecule has 0 unspecified atom stereocenters. The van der Waals surface area contributed by atoms with E-state index in [4.69, 9.17) is 0 Å². The van der Waals surface area contributed by atoms with Crippen LogP contribution in [0.5, 0.6) is 0 Å². The quantitative estimate of drug-likeness (QED) is 0.434. The number of rotatable bonds is 3. The molecule has 8 nitrogen and oxygen atoms in total. The summed E-state index contributed by atoms with van der Waals surface area (Å²) >= 11 is 0. The number of benzene rings is 2. The minimum absolute atomic E-state index is 0.262. The Labute approximate surface area is 183 Å². The van der Waals surface area contributed by atoms with Gasteiger partial charge in [0, 0.05) is 29.9 Å². The fraction of sp³-hybridized carbons (Fsp3) is 0.0909. The summed E-state index contributed by atoms with van der Waals surface area (Å²) in [5.74, 6) is 0.00955. The lowest BCUT2D eigenvalue weighted by atomic mass is 10.1. The topological polar surface area (TPSA) is 97.6 Å². The number of anilines is 1. The number of aryl methyl sites for hydroxylation is 1. The molecule has 2 aromatic carbocycles. The van der Waals surface area contributed by atoms with Gasteiger partial charge in [-0.1, -0.05) is 0 Å². The Balaban J connectivity index is 1.71. The first-order valence-corrected chi connectivity index (χ1v) is 9.72. The number of nitrogens with zero attached hydrogens (tertiary/aromatic N) is 4. The average molecular weight is 452 g/mol. The van der Waals surface area contributed by atoms with Gasteiger partial charge in [0.1, 0.15) is 11.3 Å². The van der Waals surface area contributed by atoms with E-state index in [-0.39, 0.29) is 11.1 Å². The van der Waals surface area contributed by atoms with Gasteiger partial charge in [0.2, 0.25) is 0 Å². The summed E-state index contributed by atoms with van der Waals surface area (Å²) in [5, 5.41) is 7.82. The molecule has 3 heterocycles. The fourth-order valence-corrected chi connectivity index (χ4v) is 3.71. The first-order valence-electron chi connectivity index (χ1n) is 9.72. The number of carbonyl (C=O) groups excluding carboxylic acids is 1. The Kier molecular flexibility index (Phi) is 4.55. The molecule has 166 valence electrons. The molecule has 3 aromatic heterocycles. The van der Waals surface area contributed by atoms with Crippen molar-refractivity contribution in [2.45, 2.75) is 6.18 Å². The summed E-state index contributed by atoms with van der Waals surface area (Å²) in [6.07, 6.45) is -0.0703. The minimum Gasteiger partial charge on any atom is -0.331 e. The number of nitrogens with one attached hydrogen (secondary N) is 2. The summed E-state index contributed by atoms with van der Waals surface area (Å²) in [5.41, 5.74) is 0.116. The van der Waals surface area contributed by atoms with Crippen molar-refractivity contribution in [1.29, 1.82) is 0 Å². The van der Waals surface area contributed by atoms with Crippen molar-refractivity contribution >= 4 is 33.5 Å². The number of amides is 1. The Morgan fingerprint density at radius 3 is 2.52 bits per heavy atom. The Morgan fingerprint density at radius 1 is 1.09 bits per heavy atom. The molecule has 0 saturated heterocycles. The van der Waals surface area contributed by atoms with Crippen molar-refractivity contribution in [3.8, 4) is 5.69 Å². The molecule has 0 bridgehead atoms. The van der Waals surface area contributed by atoms with Crippen LogP contribution < -0.4 is 10.9 Å². The number of alkyl halides is 3. The zero-order valence-electron chi connectivity index (χ0n) is 17.0. The number of H-pyrrole nitrogens is 1. The SMILES string of the molecule is Cn1cc2c(=O)n(-c3ccc(C(F)(F)F)cc3)c3ccc(C(=O)Nc4cnc[nH]4)cc3c2n1. The molecule has 0 spiro atoms. The van der Waals surface area contributed by atoms with Gasteiger partial charge < -0.3 is 10.3 Å². The molecular formula is C22H15F3N6O2. The summed E-state index contributed by atoms with van der Waals surface area (Å²) in [4.78, 5) is 32.6. The highest BCUT2D eigenvalue weighted by Gasteiger charge is 2.30. The first-order chi connectivity index (χ1) is 15.7. The van der Waals surface area contributed by atoms with Crippen molar-refractivity contribution < 1.29 is 18.0 Å². The Hall–Kier alpha value is -4.41. The van der Waals surface area contributed by atoms with E-state index in [0.29, 0.717) is 27.8 Å². The van der Waals surface area contributed by atoms with Crippen LogP contribution in [0.2, 0.25) is 0 Å². The van der Waals surface area contributed by atoms with Crippen molar-refractivity contribution in [2.75, 3.05) is 5.32 Å². The lowest BCUT2D eigenvalue weighted by molar-refractivity contribution is -0.137. The molecule has 11 heteroatoms. The van der Waals surface area contributed by atoms with Crippen LogP contribution in [0.4, 0.5) is 19.0 Å². The summed E-state index contributed by atoms with van der Waals surface area (Å²) in [7, 11) is 1.66. The minimum atomic E-state index is -4.49. The standard InChI is InChI=1S/C22H15F3N6O2/c1-30-10-16-19(29-30)15-8-12(20(32)28-18-9-26-11-27-18)2-7-17(15)31(21(16)33)14-5-3-13(4-6-14)22(23,24)25/h2-11H,1H3,(H,26,27)(H,28,32). The van der Waals surface area contributed by atoms with E-state index < -0.39 is 23.2 Å². The monoisotopic (exact) mass is 452 g/mol. The maximum atomic E-state index is 13.3. The van der Waals surface area contributed by atoms with E-state index in [9.17, 15) is 22.8 Å². The molecule has 0 fully saturated rings. The summed E-state index contributed by atoms with van der Waals surface area (Å²) < 4.78 is 41.8. The van der Waals surface area contributed by atoms with Crippen LogP contribution in [0, 0.1) is 0 Å². The Morgan fingerprint density at radius 2 is 1.85 bits per heavy atom. The highest BCUT2D eigenvalue weighted by Crippen LogP contribution is 2.31. The van der Waals surface area contributed by atoms with E-state index in [0.717, 1.165) is 12.1 Å². The largest absolute Gasteiger partial charge is 0.416 e. The van der Waals surface area contributed by atoms with Crippen LogP contribution in [-0.4, -0.2) is 30.2 Å². The second-order valence-corrected chi connectivity index (χ2v) is 7.40. The van der Waals surface area contributed by atoms with Gasteiger partial charge in [-0.2, -0.15) is 18.3 Å². The van der Waals surface area contributed by atoms with Crippen LogP contribution in [0.1, 0.15) is 15.9 Å². The second kappa shape index (κ2) is 7.33. The van der Waals surface area contributed by atoms with E-state index in [2.05, 4.69) is 20.4 Å². The van der Waals surface area contributed by atoms with Crippen LogP contribution >= 0.6 is 0 Å². The smallest absolute Gasteiger partial charge is 0.331 e. The molecule has 0 saturated carbocycles. The highest BCUT2D eigenvalue weighted by molar-refractivity contribution is 6.10. The molecule has 2 N–H and O–H groups in total. The van der Waals surface area contributed by atoms with Gasteiger partial charge in [-0.05, 0) is 42.5 Å². The molecule has 5 aromatic rings. The predicted octanol–water partition coefficient (Wildman–Crippen LogP) is 3.87. The predicted molar refractivity (Wildman–Crippen MR) is 115 cm³/mol. The van der Waals surface area contributed by atoms with E-state index in [1.54, 1.807) is 19.2 Å². The molecule has 0 radical (unpaired) electrons. The number of fused-ring (bicyclic) bond motifs is 3. The van der Waals surface area contributed by atoms with Gasteiger partial charge in [0.25, 0.3) is 11.5 Å². The molecule has 1 amide bonds. The van der Waals surface area contributed by atoms with Crippen molar-refractivity contribution in [1.82, 2.24) is 24.3 Å². The van der Waals surface area contributed by atoms with Crippen LogP contribution in [0.15, 0.2) is 66.0 Å². The normalized spacial score (nSPS) is 11.9. The molecule has 0 aliphatic carbocycles. The third kappa shape index (κ3) is 3.53. The van der Waals surface area contributed by atoms with Gasteiger partial charge in [-0.15, -0.1) is 0 Å². The third-order valence-electron chi connectivity index (χ3n) is 5.22. The summed E-state index contributed by atoms with van der Waals surface area (Å²) in [6, 6.07) is 9.03. The molecule has 33 heavy (non-hydrogen) atoms. The third-order valence-corrected chi connectivity index (χ3v) is 5.22. The number of carbonyl (C=O) groups is 1. The average Bonchev–Trinajstić information content (AvgIpc) is 3.43. The molecule has 0 aliphatic heterocycles. The molecular weight excluding hydrogens is 437 g/mol. The van der Waals surface area contributed by atoms with Crippen LogP contribution in [0.3, 0.4) is 0 Å². The van der Waals surface area contributed by atoms with Crippen LogP contribution in [-0.2, 0) is 13.2 Å². The van der Waals surface area contributed by atoms with Crippen molar-refractivity contribution in [3.05, 3.63) is 82.7 Å². The van der Waals surface area contributed by atoms with Gasteiger partial charge in [-0.25, -0.2) is 4.98 Å². The van der Waals surface area contributed by atoms with Gasteiger partial charge >= 0.3 is 6.18 Å². The lowest BCUT2D eigenvalue weighted by Crippen LogP contribution is -2.19.